The van der Waals surface area contributed by atoms with Gasteiger partial charge in [-0.25, -0.2) is 15.0 Å². The molecule has 0 aliphatic rings. The summed E-state index contributed by atoms with van der Waals surface area (Å²) in [6.07, 6.45) is 5.07. The number of amides is 1. The van der Waals surface area contributed by atoms with Crippen molar-refractivity contribution in [1.29, 1.82) is 0 Å². The van der Waals surface area contributed by atoms with E-state index >= 15 is 0 Å². The van der Waals surface area contributed by atoms with Gasteiger partial charge in [0, 0.05) is 29.8 Å². The van der Waals surface area contributed by atoms with E-state index in [0.717, 1.165) is 5.69 Å². The van der Waals surface area contributed by atoms with E-state index in [9.17, 15) is 4.79 Å². The fraction of sp³-hybridized carbons (Fsp3) is 0. The number of carbonyl (C=O) groups excluding carboxylic acids is 1. The highest BCUT2D eigenvalue weighted by atomic mass is 16.1. The molecule has 0 saturated heterocycles. The summed E-state index contributed by atoms with van der Waals surface area (Å²) in [5, 5.41) is 2.93. The van der Waals surface area contributed by atoms with Gasteiger partial charge in [-0.2, -0.15) is 0 Å². The fourth-order valence-electron chi connectivity index (χ4n) is 2.76. The summed E-state index contributed by atoms with van der Waals surface area (Å²) in [6, 6.07) is 24.0. The third-order valence-corrected chi connectivity index (χ3v) is 4.03. The Bertz CT molecular complexity index is 1020. The molecule has 4 rings (SSSR count). The number of hydrogen-bond donors (Lipinski definition) is 1. The third kappa shape index (κ3) is 3.86. The van der Waals surface area contributed by atoms with Crippen molar-refractivity contribution in [2.45, 2.75) is 0 Å². The molecule has 0 aliphatic heterocycles. The molecule has 136 valence electrons. The molecule has 28 heavy (non-hydrogen) atoms. The summed E-state index contributed by atoms with van der Waals surface area (Å²) in [6.45, 7) is 0. The van der Waals surface area contributed by atoms with E-state index in [0.29, 0.717) is 23.0 Å². The molecule has 6 nitrogen and oxygen atoms in total. The van der Waals surface area contributed by atoms with E-state index in [1.807, 2.05) is 65.6 Å². The van der Waals surface area contributed by atoms with Gasteiger partial charge in [-0.05, 0) is 48.5 Å². The van der Waals surface area contributed by atoms with Crippen LogP contribution in [0.2, 0.25) is 0 Å². The maximum absolute atomic E-state index is 12.5. The highest BCUT2D eigenvalue weighted by molar-refractivity contribution is 6.04. The van der Waals surface area contributed by atoms with Gasteiger partial charge in [0.2, 0.25) is 5.95 Å². The molecule has 0 aliphatic carbocycles. The highest BCUT2D eigenvalue weighted by Crippen LogP contribution is 2.31. The first kappa shape index (κ1) is 17.4. The molecule has 0 saturated carbocycles. The molecule has 2 aromatic carbocycles. The minimum Gasteiger partial charge on any atom is -0.322 e. The first-order valence-corrected chi connectivity index (χ1v) is 8.76. The molecule has 0 radical (unpaired) electrons. The fourth-order valence-corrected chi connectivity index (χ4v) is 2.76. The van der Waals surface area contributed by atoms with E-state index in [-0.39, 0.29) is 5.91 Å². The third-order valence-electron chi connectivity index (χ3n) is 4.03. The second kappa shape index (κ2) is 8.09. The summed E-state index contributed by atoms with van der Waals surface area (Å²) < 4.78 is 0. The summed E-state index contributed by atoms with van der Waals surface area (Å²) in [5.74, 6) is 1.01. The standard InChI is InChI=1S/C22H17N5O/c28-21(17-8-2-1-3-9-17)26-18-10-6-11-19(16-18)27(20-12-4-5-13-23-20)22-24-14-7-15-25-22/h1-16H,(H,26,28). The number of carbonyl (C=O) groups is 1. The normalized spacial score (nSPS) is 10.3. The lowest BCUT2D eigenvalue weighted by Gasteiger charge is -2.22. The number of nitrogens with one attached hydrogen (secondary N) is 1. The molecule has 0 fully saturated rings. The molecule has 6 heteroatoms. The average molecular weight is 367 g/mol. The Labute approximate surface area is 162 Å². The van der Waals surface area contributed by atoms with Crippen molar-refractivity contribution in [1.82, 2.24) is 15.0 Å². The monoisotopic (exact) mass is 367 g/mol. The Hall–Kier alpha value is -4.06. The van der Waals surface area contributed by atoms with Crippen LogP contribution in [0.3, 0.4) is 0 Å². The number of rotatable bonds is 5. The number of pyridine rings is 1. The van der Waals surface area contributed by atoms with Gasteiger partial charge in [0.05, 0.1) is 5.69 Å². The van der Waals surface area contributed by atoms with Gasteiger partial charge in [0.25, 0.3) is 5.91 Å². The van der Waals surface area contributed by atoms with Crippen molar-refractivity contribution in [2.24, 2.45) is 0 Å². The molecule has 0 atom stereocenters. The van der Waals surface area contributed by atoms with Crippen molar-refractivity contribution < 1.29 is 4.79 Å². The van der Waals surface area contributed by atoms with E-state index < -0.39 is 0 Å². The zero-order valence-corrected chi connectivity index (χ0v) is 14.9. The van der Waals surface area contributed by atoms with E-state index in [1.54, 1.807) is 36.8 Å². The van der Waals surface area contributed by atoms with Crippen LogP contribution in [0.4, 0.5) is 23.1 Å². The van der Waals surface area contributed by atoms with Gasteiger partial charge in [-0.3, -0.25) is 9.69 Å². The Morgan fingerprint density at radius 2 is 1.50 bits per heavy atom. The highest BCUT2D eigenvalue weighted by Gasteiger charge is 2.16. The van der Waals surface area contributed by atoms with Gasteiger partial charge in [-0.15, -0.1) is 0 Å². The van der Waals surface area contributed by atoms with Gasteiger partial charge in [0.15, 0.2) is 0 Å². The van der Waals surface area contributed by atoms with Crippen molar-refractivity contribution in [3.05, 3.63) is 103 Å². The van der Waals surface area contributed by atoms with Crippen LogP contribution in [-0.2, 0) is 0 Å². The Morgan fingerprint density at radius 1 is 0.750 bits per heavy atom. The Kier molecular flexibility index (Phi) is 5.02. The van der Waals surface area contributed by atoms with E-state index in [1.165, 1.54) is 0 Å². The number of benzene rings is 2. The lowest BCUT2D eigenvalue weighted by Crippen LogP contribution is -2.15. The molecule has 1 amide bonds. The van der Waals surface area contributed by atoms with Crippen LogP contribution in [0.25, 0.3) is 0 Å². The number of aromatic nitrogens is 3. The summed E-state index contributed by atoms with van der Waals surface area (Å²) in [4.78, 5) is 27.4. The molecular weight excluding hydrogens is 350 g/mol. The van der Waals surface area contributed by atoms with Crippen LogP contribution in [0.15, 0.2) is 97.5 Å². The first-order valence-electron chi connectivity index (χ1n) is 8.76. The predicted octanol–water partition coefficient (Wildman–Crippen LogP) is 4.59. The zero-order valence-electron chi connectivity index (χ0n) is 14.9. The zero-order chi connectivity index (χ0) is 19.2. The minimum atomic E-state index is -0.168. The van der Waals surface area contributed by atoms with Crippen molar-refractivity contribution in [3.63, 3.8) is 0 Å². The van der Waals surface area contributed by atoms with Gasteiger partial charge in [0.1, 0.15) is 5.82 Å². The molecule has 4 aromatic rings. The molecule has 0 bridgehead atoms. The van der Waals surface area contributed by atoms with Crippen molar-refractivity contribution in [3.8, 4) is 0 Å². The van der Waals surface area contributed by atoms with Crippen LogP contribution in [0.5, 0.6) is 0 Å². The van der Waals surface area contributed by atoms with Crippen LogP contribution in [-0.4, -0.2) is 20.9 Å². The molecular formula is C22H17N5O. The first-order chi connectivity index (χ1) is 13.8. The number of hydrogen-bond acceptors (Lipinski definition) is 5. The largest absolute Gasteiger partial charge is 0.322 e. The van der Waals surface area contributed by atoms with E-state index in [2.05, 4.69) is 20.3 Å². The predicted molar refractivity (Wildman–Crippen MR) is 109 cm³/mol. The van der Waals surface area contributed by atoms with Gasteiger partial charge in [-0.1, -0.05) is 30.3 Å². The molecule has 0 unspecified atom stereocenters. The SMILES string of the molecule is O=C(Nc1cccc(N(c2ccccn2)c2ncccn2)c1)c1ccccc1. The summed E-state index contributed by atoms with van der Waals surface area (Å²) in [7, 11) is 0. The van der Waals surface area contributed by atoms with Crippen molar-refractivity contribution >= 4 is 29.0 Å². The van der Waals surface area contributed by atoms with Gasteiger partial charge >= 0.3 is 0 Å². The Balaban J connectivity index is 1.68. The summed E-state index contributed by atoms with van der Waals surface area (Å²) in [5.41, 5.74) is 2.06. The molecule has 1 N–H and O–H groups in total. The lowest BCUT2D eigenvalue weighted by molar-refractivity contribution is 0.102. The second-order valence-corrected chi connectivity index (χ2v) is 5.94. The van der Waals surface area contributed by atoms with Crippen LogP contribution >= 0.6 is 0 Å². The molecule has 2 heterocycles. The van der Waals surface area contributed by atoms with Gasteiger partial charge < -0.3 is 5.32 Å². The van der Waals surface area contributed by atoms with Crippen LogP contribution in [0.1, 0.15) is 10.4 Å². The minimum absolute atomic E-state index is 0.168. The lowest BCUT2D eigenvalue weighted by atomic mass is 10.2. The maximum atomic E-state index is 12.5. The average Bonchev–Trinajstić information content (AvgIpc) is 2.76. The molecule has 2 aromatic heterocycles. The number of nitrogens with zero attached hydrogens (tertiary/aromatic N) is 4. The van der Waals surface area contributed by atoms with E-state index in [4.69, 9.17) is 0 Å². The second-order valence-electron chi connectivity index (χ2n) is 5.94. The van der Waals surface area contributed by atoms with Crippen LogP contribution in [0, 0.1) is 0 Å². The van der Waals surface area contributed by atoms with Crippen LogP contribution < -0.4 is 10.2 Å². The molecule has 0 spiro atoms. The topological polar surface area (TPSA) is 71.0 Å². The maximum Gasteiger partial charge on any atom is 0.255 e. The van der Waals surface area contributed by atoms with Crippen molar-refractivity contribution in [2.75, 3.05) is 10.2 Å². The number of anilines is 4. The quantitative estimate of drug-likeness (QED) is 0.558. The Morgan fingerprint density at radius 3 is 2.25 bits per heavy atom. The summed E-state index contributed by atoms with van der Waals surface area (Å²) >= 11 is 0. The smallest absolute Gasteiger partial charge is 0.255 e.